The Hall–Kier alpha value is -6.24. The standard InChI is InChI=1S/C20H19F2N5O2.C12H14F2N2O.C8H7N3O2/c1-11-12(3-4-17(25-11)26-8-15-16(9-26)20(15,21)22)6-27-7-14(19(28)29-2)13-5-23-10-24-18(13)27;1-7-8(6-17)2-3-11(15-7)16-4-9-10(5-16)12(9,13)14;1-13-8(12)6-3-10-7-5(6)2-9-4-11-7/h3-5,7,10,15-16H,6,8-9H2,1-2H3;2-3,9-10,17H,4-6H2,1H3;2-4H,1H3,(H,9,10,11). The molecule has 4 aliphatic rings. The highest BCUT2D eigenvalue weighted by molar-refractivity contribution is 6.03. The summed E-state index contributed by atoms with van der Waals surface area (Å²) in [6.07, 6.45) is 9.28. The molecule has 6 aromatic heterocycles. The number of halogens is 4. The average molecular weight is 817 g/mol. The first-order valence-corrected chi connectivity index (χ1v) is 18.8. The maximum atomic E-state index is 13.4. The number of piperidine rings is 2. The summed E-state index contributed by atoms with van der Waals surface area (Å²) in [4.78, 5) is 55.0. The number of carbonyl (C=O) groups is 2. The fraction of sp³-hybridized carbons (Fsp3) is 0.400. The Kier molecular flexibility index (Phi) is 10.2. The normalized spacial score (nSPS) is 21.5. The van der Waals surface area contributed by atoms with E-state index < -0.39 is 41.5 Å². The quantitative estimate of drug-likeness (QED) is 0.163. The van der Waals surface area contributed by atoms with Crippen LogP contribution in [0.2, 0.25) is 0 Å². The second-order valence-corrected chi connectivity index (χ2v) is 15.0. The van der Waals surface area contributed by atoms with Crippen molar-refractivity contribution in [3.63, 3.8) is 0 Å². The molecule has 0 radical (unpaired) electrons. The fourth-order valence-electron chi connectivity index (χ4n) is 7.97. The van der Waals surface area contributed by atoms with Crippen molar-refractivity contribution in [2.45, 2.75) is 38.8 Å². The highest BCUT2D eigenvalue weighted by Gasteiger charge is 2.72. The molecule has 10 rings (SSSR count). The molecule has 2 saturated carbocycles. The number of hydrogen-bond donors (Lipinski definition) is 2. The van der Waals surface area contributed by atoms with Crippen LogP contribution < -0.4 is 9.80 Å². The van der Waals surface area contributed by atoms with Crippen LogP contribution in [0, 0.1) is 37.5 Å². The monoisotopic (exact) mass is 816 g/mol. The Morgan fingerprint density at radius 2 is 1.27 bits per heavy atom. The molecule has 4 fully saturated rings. The van der Waals surface area contributed by atoms with Crippen molar-refractivity contribution in [1.82, 2.24) is 39.5 Å². The molecule has 0 spiro atoms. The summed E-state index contributed by atoms with van der Waals surface area (Å²) in [5.74, 6) is -6.36. The van der Waals surface area contributed by atoms with Gasteiger partial charge in [0.2, 0.25) is 0 Å². The zero-order valence-corrected chi connectivity index (χ0v) is 32.4. The van der Waals surface area contributed by atoms with Gasteiger partial charge >= 0.3 is 11.9 Å². The molecule has 308 valence electrons. The number of aromatic nitrogens is 8. The van der Waals surface area contributed by atoms with E-state index in [9.17, 15) is 27.2 Å². The number of ether oxygens (including phenoxy) is 2. The molecule has 6 aromatic rings. The van der Waals surface area contributed by atoms with E-state index in [1.807, 2.05) is 40.3 Å². The van der Waals surface area contributed by atoms with E-state index in [1.165, 1.54) is 26.9 Å². The molecule has 0 aromatic carbocycles. The van der Waals surface area contributed by atoms with Crippen molar-refractivity contribution in [2.24, 2.45) is 23.7 Å². The first-order valence-electron chi connectivity index (χ1n) is 18.8. The summed E-state index contributed by atoms with van der Waals surface area (Å²) in [5, 5.41) is 10.3. The number of hydrogen-bond acceptors (Lipinski definition) is 13. The number of methoxy groups -OCH3 is 2. The predicted octanol–water partition coefficient (Wildman–Crippen LogP) is 5.00. The Bertz CT molecular complexity index is 2540. The van der Waals surface area contributed by atoms with Gasteiger partial charge in [-0.3, -0.25) is 0 Å². The minimum atomic E-state index is -2.50. The lowest BCUT2D eigenvalue weighted by molar-refractivity contribution is 0.0594. The highest BCUT2D eigenvalue weighted by atomic mass is 19.3. The van der Waals surface area contributed by atoms with Gasteiger partial charge in [0.15, 0.2) is 0 Å². The SMILES string of the molecule is COC(=O)c1c[nH]c2ncncc12.COC(=O)c1cn(Cc2ccc(N3CC4C(C3)C4(F)F)nc2C)c2ncncc12.Cc1nc(N2CC3C(C2)C3(F)F)ccc1CO. The van der Waals surface area contributed by atoms with Gasteiger partial charge in [-0.2, -0.15) is 0 Å². The number of alkyl halides is 4. The van der Waals surface area contributed by atoms with Crippen LogP contribution in [0.5, 0.6) is 0 Å². The number of rotatable bonds is 7. The molecular weight excluding hydrogens is 776 g/mol. The van der Waals surface area contributed by atoms with Crippen molar-refractivity contribution >= 4 is 45.6 Å². The van der Waals surface area contributed by atoms with E-state index in [4.69, 9.17) is 9.84 Å². The molecule has 59 heavy (non-hydrogen) atoms. The first kappa shape index (κ1) is 39.6. The lowest BCUT2D eigenvalue weighted by Gasteiger charge is -2.22. The van der Waals surface area contributed by atoms with Gasteiger partial charge < -0.3 is 33.9 Å². The number of pyridine rings is 2. The third-order valence-corrected chi connectivity index (χ3v) is 11.6. The summed E-state index contributed by atoms with van der Waals surface area (Å²) < 4.78 is 64.3. The van der Waals surface area contributed by atoms with Crippen molar-refractivity contribution in [2.75, 3.05) is 50.2 Å². The zero-order valence-electron chi connectivity index (χ0n) is 32.4. The fourth-order valence-corrected chi connectivity index (χ4v) is 7.97. The van der Waals surface area contributed by atoms with Crippen LogP contribution in [-0.2, 0) is 22.6 Å². The largest absolute Gasteiger partial charge is 0.465 e. The van der Waals surface area contributed by atoms with E-state index in [2.05, 4.69) is 39.6 Å². The molecule has 0 amide bonds. The number of esters is 2. The van der Waals surface area contributed by atoms with Crippen LogP contribution in [0.1, 0.15) is 43.2 Å². The van der Waals surface area contributed by atoms with Crippen LogP contribution in [0.4, 0.5) is 29.2 Å². The minimum Gasteiger partial charge on any atom is -0.465 e. The first-order chi connectivity index (χ1) is 28.3. The Balaban J connectivity index is 0.000000136. The number of nitrogens with one attached hydrogen (secondary N) is 1. The number of fused-ring (bicyclic) bond motifs is 4. The molecule has 2 aliphatic carbocycles. The maximum absolute atomic E-state index is 13.4. The second-order valence-electron chi connectivity index (χ2n) is 15.0. The predicted molar refractivity (Wildman–Crippen MR) is 205 cm³/mol. The van der Waals surface area contributed by atoms with Gasteiger partial charge in [-0.25, -0.2) is 57.1 Å². The number of aryl methyl sites for hydroxylation is 2. The number of nitrogens with zero attached hydrogens (tertiary/aromatic N) is 9. The van der Waals surface area contributed by atoms with Crippen LogP contribution in [0.3, 0.4) is 0 Å². The van der Waals surface area contributed by atoms with Gasteiger partial charge in [-0.05, 0) is 37.1 Å². The van der Waals surface area contributed by atoms with Crippen LogP contribution >= 0.6 is 0 Å². The summed E-state index contributed by atoms with van der Waals surface area (Å²) in [7, 11) is 2.67. The number of aliphatic hydroxyl groups excluding tert-OH is 1. The molecule has 0 bridgehead atoms. The molecule has 4 atom stereocenters. The smallest absolute Gasteiger partial charge is 0.340 e. The molecule has 15 nitrogen and oxygen atoms in total. The lowest BCUT2D eigenvalue weighted by atomic mass is 10.2. The number of aliphatic hydroxyl groups is 1. The third kappa shape index (κ3) is 7.27. The van der Waals surface area contributed by atoms with Gasteiger partial charge in [0.05, 0.1) is 72.9 Å². The van der Waals surface area contributed by atoms with E-state index >= 15 is 0 Å². The molecular formula is C40H40F4N10O5. The van der Waals surface area contributed by atoms with Gasteiger partial charge in [0.25, 0.3) is 11.8 Å². The maximum Gasteiger partial charge on any atom is 0.340 e. The van der Waals surface area contributed by atoms with E-state index in [0.29, 0.717) is 65.9 Å². The van der Waals surface area contributed by atoms with Gasteiger partial charge in [-0.15, -0.1) is 0 Å². The topological polar surface area (TPSA) is 177 Å². The zero-order chi connectivity index (χ0) is 41.8. The molecule has 4 unspecified atom stereocenters. The lowest BCUT2D eigenvalue weighted by Crippen LogP contribution is -2.28. The summed E-state index contributed by atoms with van der Waals surface area (Å²) in [5.41, 5.74) is 5.43. The van der Waals surface area contributed by atoms with Gasteiger partial charge in [0.1, 0.15) is 35.6 Å². The molecule has 2 aliphatic heterocycles. The van der Waals surface area contributed by atoms with E-state index in [0.717, 1.165) is 34.2 Å². The number of H-pyrrole nitrogens is 1. The number of anilines is 2. The summed E-state index contributed by atoms with van der Waals surface area (Å²) in [6.45, 7) is 5.63. The van der Waals surface area contributed by atoms with Crippen molar-refractivity contribution in [3.8, 4) is 0 Å². The molecule has 2 saturated heterocycles. The summed E-state index contributed by atoms with van der Waals surface area (Å²) >= 11 is 0. The molecule has 8 heterocycles. The minimum absolute atomic E-state index is 0.0393. The van der Waals surface area contributed by atoms with Crippen LogP contribution in [-0.4, -0.2) is 109 Å². The van der Waals surface area contributed by atoms with E-state index in [1.54, 1.807) is 36.9 Å². The second kappa shape index (κ2) is 15.2. The molecule has 19 heteroatoms. The highest BCUT2D eigenvalue weighted by Crippen LogP contribution is 2.60. The average Bonchev–Trinajstić information content (AvgIpc) is 3.77. The number of aromatic amines is 1. The van der Waals surface area contributed by atoms with E-state index in [-0.39, 0.29) is 12.6 Å². The van der Waals surface area contributed by atoms with Crippen LogP contribution in [0.15, 0.2) is 61.7 Å². The Morgan fingerprint density at radius 3 is 1.80 bits per heavy atom. The van der Waals surface area contributed by atoms with Gasteiger partial charge in [0, 0.05) is 62.4 Å². The van der Waals surface area contributed by atoms with Crippen molar-refractivity contribution in [1.29, 1.82) is 0 Å². The van der Waals surface area contributed by atoms with Crippen molar-refractivity contribution in [3.05, 3.63) is 95.3 Å². The van der Waals surface area contributed by atoms with Crippen molar-refractivity contribution < 1.29 is 41.7 Å². The third-order valence-electron chi connectivity index (χ3n) is 11.6. The van der Waals surface area contributed by atoms with Gasteiger partial charge in [-0.1, -0.05) is 12.1 Å². The Morgan fingerprint density at radius 1 is 0.763 bits per heavy atom. The molecule has 2 N–H and O–H groups in total. The summed E-state index contributed by atoms with van der Waals surface area (Å²) in [6, 6.07) is 7.42. The van der Waals surface area contributed by atoms with Crippen LogP contribution in [0.25, 0.3) is 22.1 Å². The number of carbonyl (C=O) groups excluding carboxylic acids is 2. The Labute approximate surface area is 334 Å².